The molecule has 24 heavy (non-hydrogen) atoms. The molecule has 2 unspecified atom stereocenters. The zero-order valence-corrected chi connectivity index (χ0v) is 12.8. The molecule has 0 aromatic rings. The maximum Gasteiger partial charge on any atom is 0.328 e. The van der Waals surface area contributed by atoms with Crippen LogP contribution in [0.25, 0.3) is 0 Å². The van der Waals surface area contributed by atoms with Gasteiger partial charge < -0.3 is 30.9 Å². The summed E-state index contributed by atoms with van der Waals surface area (Å²) in [5.41, 5.74) is 5.37. The van der Waals surface area contributed by atoms with E-state index < -0.39 is 55.1 Å². The third-order valence-corrected chi connectivity index (χ3v) is 4.15. The number of rotatable bonds is 6. The number of nitrogens with zero attached hydrogens (tertiary/aromatic N) is 2. The molecule has 2 aliphatic heterocycles. The van der Waals surface area contributed by atoms with Crippen molar-refractivity contribution in [3.63, 3.8) is 0 Å². The lowest BCUT2D eigenvalue weighted by atomic mass is 10.1. The molecule has 0 saturated carbocycles. The number of hydrogen-bond donors (Lipinski definition) is 5. The van der Waals surface area contributed by atoms with Crippen molar-refractivity contribution in [1.29, 1.82) is 0 Å². The quantitative estimate of drug-likeness (QED) is 0.333. The van der Waals surface area contributed by atoms with Crippen molar-refractivity contribution < 1.29 is 39.5 Å². The normalized spacial score (nSPS) is 32.3. The van der Waals surface area contributed by atoms with Crippen molar-refractivity contribution in [2.24, 2.45) is 5.73 Å². The highest BCUT2D eigenvalue weighted by molar-refractivity contribution is 5.97. The summed E-state index contributed by atoms with van der Waals surface area (Å²) in [6.07, 6.45) is -5.18. The molecule has 5 atom stereocenters. The van der Waals surface area contributed by atoms with Gasteiger partial charge in [0.1, 0.15) is 24.4 Å². The second kappa shape index (κ2) is 7.40. The fourth-order valence-corrected chi connectivity index (χ4v) is 2.69. The molecule has 2 heterocycles. The van der Waals surface area contributed by atoms with Crippen LogP contribution in [-0.4, -0.2) is 98.4 Å². The molecule has 0 aromatic carbocycles. The molecule has 2 aliphatic rings. The van der Waals surface area contributed by atoms with Crippen LogP contribution in [0.1, 0.15) is 12.8 Å². The Balaban J connectivity index is 2.06. The molecule has 11 nitrogen and oxygen atoms in total. The highest BCUT2D eigenvalue weighted by Crippen LogP contribution is 2.27. The van der Waals surface area contributed by atoms with E-state index in [-0.39, 0.29) is 25.9 Å². The maximum atomic E-state index is 12.5. The Labute approximate surface area is 137 Å². The molecule has 2 rings (SSSR count). The Kier molecular flexibility index (Phi) is 5.72. The van der Waals surface area contributed by atoms with Gasteiger partial charge in [0.15, 0.2) is 6.23 Å². The highest BCUT2D eigenvalue weighted by Gasteiger charge is 2.49. The van der Waals surface area contributed by atoms with Gasteiger partial charge in [-0.25, -0.2) is 4.79 Å². The van der Waals surface area contributed by atoms with Crippen LogP contribution in [0.15, 0.2) is 0 Å². The molecule has 0 aromatic heterocycles. The molecule has 0 bridgehead atoms. The van der Waals surface area contributed by atoms with E-state index in [4.69, 9.17) is 20.7 Å². The Morgan fingerprint density at radius 1 is 1.33 bits per heavy atom. The first-order valence-corrected chi connectivity index (χ1v) is 7.49. The smallest absolute Gasteiger partial charge is 0.328 e. The minimum absolute atomic E-state index is 0.0221. The van der Waals surface area contributed by atoms with E-state index in [0.717, 1.165) is 9.80 Å². The number of aliphatic carboxylic acids is 1. The van der Waals surface area contributed by atoms with Crippen LogP contribution in [0.4, 0.5) is 4.79 Å². The molecule has 2 saturated heterocycles. The van der Waals surface area contributed by atoms with Crippen molar-refractivity contribution in [3.8, 4) is 0 Å². The predicted molar refractivity (Wildman–Crippen MR) is 76.4 cm³/mol. The molecule has 0 spiro atoms. The van der Waals surface area contributed by atoms with E-state index in [2.05, 4.69) is 0 Å². The summed E-state index contributed by atoms with van der Waals surface area (Å²) >= 11 is 0. The molecule has 11 heteroatoms. The van der Waals surface area contributed by atoms with Gasteiger partial charge in [0, 0.05) is 19.5 Å². The molecule has 0 aliphatic carbocycles. The number of aliphatic hydroxyl groups excluding tert-OH is 3. The molecular weight excluding hydrogens is 326 g/mol. The summed E-state index contributed by atoms with van der Waals surface area (Å²) in [6, 6.07) is -1.98. The van der Waals surface area contributed by atoms with Crippen LogP contribution < -0.4 is 5.73 Å². The molecular formula is C13H21N3O8. The minimum Gasteiger partial charge on any atom is -0.480 e. The SMILES string of the molecule is NC(CCN1C(=O)CCN([C@@H]2O[C@H](CO)C(O)[C@@H]2O)C1=O)C(=O)O. The fourth-order valence-electron chi connectivity index (χ4n) is 2.69. The average molecular weight is 347 g/mol. The third-order valence-electron chi connectivity index (χ3n) is 4.15. The summed E-state index contributed by atoms with van der Waals surface area (Å²) in [4.78, 5) is 37.0. The van der Waals surface area contributed by atoms with E-state index in [9.17, 15) is 24.6 Å². The van der Waals surface area contributed by atoms with Crippen molar-refractivity contribution >= 4 is 17.9 Å². The monoisotopic (exact) mass is 347 g/mol. The number of amides is 3. The lowest BCUT2D eigenvalue weighted by Gasteiger charge is -2.38. The van der Waals surface area contributed by atoms with Gasteiger partial charge in [-0.15, -0.1) is 0 Å². The Morgan fingerprint density at radius 3 is 2.54 bits per heavy atom. The Morgan fingerprint density at radius 2 is 2.00 bits per heavy atom. The number of urea groups is 1. The number of carbonyl (C=O) groups excluding carboxylic acids is 2. The summed E-state index contributed by atoms with van der Waals surface area (Å²) in [5.74, 6) is -1.73. The number of carboxylic acid groups (broad SMARTS) is 1. The van der Waals surface area contributed by atoms with E-state index in [1.54, 1.807) is 0 Å². The van der Waals surface area contributed by atoms with Gasteiger partial charge in [0.2, 0.25) is 5.91 Å². The van der Waals surface area contributed by atoms with E-state index in [1.807, 2.05) is 0 Å². The Hall–Kier alpha value is -1.79. The van der Waals surface area contributed by atoms with Gasteiger partial charge in [-0.3, -0.25) is 19.4 Å². The fraction of sp³-hybridized carbons (Fsp3) is 0.769. The first kappa shape index (κ1) is 18.5. The van der Waals surface area contributed by atoms with E-state index >= 15 is 0 Å². The van der Waals surface area contributed by atoms with Gasteiger partial charge >= 0.3 is 12.0 Å². The van der Waals surface area contributed by atoms with Crippen LogP contribution in [0.2, 0.25) is 0 Å². The highest BCUT2D eigenvalue weighted by atomic mass is 16.6. The van der Waals surface area contributed by atoms with Crippen LogP contribution in [0, 0.1) is 0 Å². The van der Waals surface area contributed by atoms with Crippen molar-refractivity contribution in [2.45, 2.75) is 43.4 Å². The predicted octanol–water partition coefficient (Wildman–Crippen LogP) is -3.12. The largest absolute Gasteiger partial charge is 0.480 e. The number of carboxylic acids is 1. The van der Waals surface area contributed by atoms with Crippen LogP contribution in [0.3, 0.4) is 0 Å². The second-order valence-corrected chi connectivity index (χ2v) is 5.73. The van der Waals surface area contributed by atoms with Gasteiger partial charge in [0.25, 0.3) is 0 Å². The number of imide groups is 1. The summed E-state index contributed by atoms with van der Waals surface area (Å²) < 4.78 is 5.29. The topological polar surface area (TPSA) is 174 Å². The average Bonchev–Trinajstić information content (AvgIpc) is 2.82. The van der Waals surface area contributed by atoms with Gasteiger partial charge in [0.05, 0.1) is 6.61 Å². The first-order chi connectivity index (χ1) is 11.3. The number of nitrogens with two attached hydrogens (primary N) is 1. The van der Waals surface area contributed by atoms with Crippen molar-refractivity contribution in [3.05, 3.63) is 0 Å². The van der Waals surface area contributed by atoms with Gasteiger partial charge in [-0.2, -0.15) is 0 Å². The number of ether oxygens (including phenoxy) is 1. The molecule has 136 valence electrons. The van der Waals surface area contributed by atoms with E-state index in [1.165, 1.54) is 0 Å². The summed E-state index contributed by atoms with van der Waals surface area (Å²) in [6.45, 7) is -0.741. The van der Waals surface area contributed by atoms with Gasteiger partial charge in [-0.05, 0) is 6.42 Å². The molecule has 0 radical (unpaired) electrons. The minimum atomic E-state index is -1.43. The summed E-state index contributed by atoms with van der Waals surface area (Å²) in [5, 5.41) is 37.6. The van der Waals surface area contributed by atoms with Crippen LogP contribution in [-0.2, 0) is 14.3 Å². The first-order valence-electron chi connectivity index (χ1n) is 7.49. The van der Waals surface area contributed by atoms with Crippen molar-refractivity contribution in [2.75, 3.05) is 19.7 Å². The number of hydrogen-bond acceptors (Lipinski definition) is 8. The van der Waals surface area contributed by atoms with Crippen LogP contribution in [0.5, 0.6) is 0 Å². The number of aliphatic hydroxyl groups is 3. The lowest BCUT2D eigenvalue weighted by Crippen LogP contribution is -2.58. The van der Waals surface area contributed by atoms with Crippen LogP contribution >= 0.6 is 0 Å². The molecule has 2 fully saturated rings. The zero-order chi connectivity index (χ0) is 18.0. The third kappa shape index (κ3) is 3.49. The van der Waals surface area contributed by atoms with Crippen molar-refractivity contribution in [1.82, 2.24) is 9.80 Å². The molecule has 3 amide bonds. The summed E-state index contributed by atoms with van der Waals surface area (Å²) in [7, 11) is 0. The lowest BCUT2D eigenvalue weighted by molar-refractivity contribution is -0.141. The molecule has 6 N–H and O–H groups in total. The second-order valence-electron chi connectivity index (χ2n) is 5.73. The van der Waals surface area contributed by atoms with E-state index in [0.29, 0.717) is 0 Å². The maximum absolute atomic E-state index is 12.5. The standard InChI is InChI=1S/C13H21N3O8/c14-6(12(21)22)1-3-15-8(18)2-4-16(13(15)23)11-10(20)9(19)7(5-17)24-11/h6-7,9-11,17,19-20H,1-5,14H2,(H,21,22)/t6?,7-,9?,10+,11-/m1/s1. The number of carbonyl (C=O) groups is 3. The van der Waals surface area contributed by atoms with Gasteiger partial charge in [-0.1, -0.05) is 0 Å². The zero-order valence-electron chi connectivity index (χ0n) is 12.8. The Bertz CT molecular complexity index is 515.